The lowest BCUT2D eigenvalue weighted by Crippen LogP contribution is -2.54. The van der Waals surface area contributed by atoms with Crippen molar-refractivity contribution in [3.8, 4) is 0 Å². The zero-order valence-corrected chi connectivity index (χ0v) is 8.75. The maximum atomic E-state index is 13.2. The van der Waals surface area contributed by atoms with Crippen molar-refractivity contribution in [3.05, 3.63) is 0 Å². The fraction of sp³-hybridized carbons (Fsp3) is 1.00. The average Bonchev–Trinajstić information content (AvgIpc) is 2.46. The molecule has 0 unspecified atom stereocenters. The zero-order valence-electron chi connectivity index (χ0n) is 8.75. The van der Waals surface area contributed by atoms with Crippen LogP contribution in [0.3, 0.4) is 0 Å². The third kappa shape index (κ3) is 1.68. The van der Waals surface area contributed by atoms with Crippen molar-refractivity contribution >= 4 is 0 Å². The fourth-order valence-electron chi connectivity index (χ4n) is 1.96. The third-order valence-electron chi connectivity index (χ3n) is 3.04. The standard InChI is InChI=1S/C8H8F8N2/c9-5(10)1-2-18(8(5,15)16)17-3-6(11,12)7(13,14)4-17/h1-4H2. The number of rotatable bonds is 1. The summed E-state index contributed by atoms with van der Waals surface area (Å²) in [5.41, 5.74) is 0. The molecule has 0 aromatic heterocycles. The molecule has 2 aliphatic heterocycles. The molecule has 2 nitrogen and oxygen atoms in total. The first-order valence-electron chi connectivity index (χ1n) is 4.94. The van der Waals surface area contributed by atoms with Crippen LogP contribution in [0, 0.1) is 0 Å². The maximum Gasteiger partial charge on any atom is 0.379 e. The molecule has 10 heteroatoms. The van der Waals surface area contributed by atoms with Crippen LogP contribution in [0.15, 0.2) is 0 Å². The van der Waals surface area contributed by atoms with E-state index in [1.807, 2.05) is 0 Å². The molecule has 0 aromatic carbocycles. The second-order valence-electron chi connectivity index (χ2n) is 4.35. The van der Waals surface area contributed by atoms with Crippen molar-refractivity contribution < 1.29 is 35.1 Å². The van der Waals surface area contributed by atoms with E-state index in [1.165, 1.54) is 0 Å². The molecular formula is C8H8F8N2. The van der Waals surface area contributed by atoms with E-state index in [1.54, 1.807) is 0 Å². The van der Waals surface area contributed by atoms with Gasteiger partial charge in [-0.05, 0) is 0 Å². The molecule has 0 saturated carbocycles. The van der Waals surface area contributed by atoms with Gasteiger partial charge in [-0.1, -0.05) is 0 Å². The zero-order chi connectivity index (χ0) is 14.0. The largest absolute Gasteiger partial charge is 0.379 e. The van der Waals surface area contributed by atoms with Crippen LogP contribution in [-0.4, -0.2) is 53.5 Å². The summed E-state index contributed by atoms with van der Waals surface area (Å²) in [7, 11) is 0. The second-order valence-corrected chi connectivity index (χ2v) is 4.35. The Hall–Kier alpha value is -0.640. The Morgan fingerprint density at radius 1 is 0.667 bits per heavy atom. The van der Waals surface area contributed by atoms with Gasteiger partial charge in [0, 0.05) is 13.0 Å². The summed E-state index contributed by atoms with van der Waals surface area (Å²) in [6.45, 7) is -4.36. The molecule has 0 aromatic rings. The van der Waals surface area contributed by atoms with E-state index in [0.717, 1.165) is 0 Å². The fourth-order valence-corrected chi connectivity index (χ4v) is 1.96. The first kappa shape index (κ1) is 13.8. The minimum atomic E-state index is -4.73. The lowest BCUT2D eigenvalue weighted by molar-refractivity contribution is -0.295. The summed E-state index contributed by atoms with van der Waals surface area (Å²) in [5, 5.41) is -0.483. The van der Waals surface area contributed by atoms with Gasteiger partial charge in [0.05, 0.1) is 13.1 Å². The Morgan fingerprint density at radius 3 is 1.44 bits per heavy atom. The Balaban J connectivity index is 2.22. The van der Waals surface area contributed by atoms with Crippen LogP contribution >= 0.6 is 0 Å². The van der Waals surface area contributed by atoms with Crippen molar-refractivity contribution in [2.24, 2.45) is 0 Å². The number of alkyl halides is 8. The summed E-state index contributed by atoms with van der Waals surface area (Å²) < 4.78 is 103. The molecule has 0 radical (unpaired) electrons. The van der Waals surface area contributed by atoms with E-state index in [-0.39, 0.29) is 10.0 Å². The molecule has 2 aliphatic rings. The highest BCUT2D eigenvalue weighted by Crippen LogP contribution is 2.49. The van der Waals surface area contributed by atoms with Crippen molar-refractivity contribution in [2.45, 2.75) is 30.2 Å². The first-order chi connectivity index (χ1) is 7.91. The van der Waals surface area contributed by atoms with Crippen LogP contribution in [-0.2, 0) is 0 Å². The van der Waals surface area contributed by atoms with Crippen molar-refractivity contribution in [3.63, 3.8) is 0 Å². The highest BCUT2D eigenvalue weighted by Gasteiger charge is 2.71. The first-order valence-corrected chi connectivity index (χ1v) is 4.94. The predicted octanol–water partition coefficient (Wildman–Crippen LogP) is 2.42. The molecule has 18 heavy (non-hydrogen) atoms. The maximum absolute atomic E-state index is 13.2. The van der Waals surface area contributed by atoms with Crippen molar-refractivity contribution in [1.82, 2.24) is 10.0 Å². The number of nitrogens with zero attached hydrogens (tertiary/aromatic N) is 2. The predicted molar refractivity (Wildman–Crippen MR) is 42.7 cm³/mol. The van der Waals surface area contributed by atoms with E-state index >= 15 is 0 Å². The van der Waals surface area contributed by atoms with Gasteiger partial charge in [-0.15, -0.1) is 0 Å². The van der Waals surface area contributed by atoms with Crippen LogP contribution in [0.1, 0.15) is 6.42 Å². The summed E-state index contributed by atoms with van der Waals surface area (Å²) in [6.07, 6.45) is -1.27. The van der Waals surface area contributed by atoms with Gasteiger partial charge < -0.3 is 0 Å². The number of halogens is 8. The van der Waals surface area contributed by atoms with Crippen LogP contribution in [0.2, 0.25) is 0 Å². The molecule has 2 saturated heterocycles. The molecule has 2 rings (SSSR count). The van der Waals surface area contributed by atoms with E-state index in [9.17, 15) is 35.1 Å². The van der Waals surface area contributed by atoms with Gasteiger partial charge in [0.25, 0.3) is 0 Å². The van der Waals surface area contributed by atoms with Gasteiger partial charge in [-0.2, -0.15) is 40.1 Å². The topological polar surface area (TPSA) is 6.48 Å². The van der Waals surface area contributed by atoms with Crippen molar-refractivity contribution in [1.29, 1.82) is 0 Å². The van der Waals surface area contributed by atoms with Gasteiger partial charge in [0.2, 0.25) is 0 Å². The smallest absolute Gasteiger partial charge is 0.224 e. The van der Waals surface area contributed by atoms with Crippen LogP contribution in [0.5, 0.6) is 0 Å². The Bertz CT molecular complexity index is 339. The number of hydrogen-bond acceptors (Lipinski definition) is 2. The number of hydrogen-bond donors (Lipinski definition) is 0. The quantitative estimate of drug-likeness (QED) is 0.539. The molecule has 0 atom stereocenters. The SMILES string of the molecule is FC1(F)CN(N2CCC(F)(F)C2(F)F)CC1(F)F. The number of hydrazine groups is 1. The molecule has 2 fully saturated rings. The molecule has 0 aliphatic carbocycles. The lowest BCUT2D eigenvalue weighted by Gasteiger charge is -2.33. The Kier molecular flexibility index (Phi) is 2.66. The van der Waals surface area contributed by atoms with E-state index in [4.69, 9.17) is 0 Å². The molecule has 0 spiro atoms. The van der Waals surface area contributed by atoms with E-state index < -0.39 is 49.9 Å². The molecule has 0 bridgehead atoms. The second kappa shape index (κ2) is 3.47. The highest BCUT2D eigenvalue weighted by molar-refractivity contribution is 5.00. The summed E-state index contributed by atoms with van der Waals surface area (Å²) in [6, 6.07) is -4.73. The van der Waals surface area contributed by atoms with Gasteiger partial charge >= 0.3 is 23.8 Å². The minimum absolute atomic E-state index is 0.0963. The van der Waals surface area contributed by atoms with Gasteiger partial charge in [-0.3, -0.25) is 0 Å². The van der Waals surface area contributed by atoms with Gasteiger partial charge in [-0.25, -0.2) is 5.01 Å². The van der Waals surface area contributed by atoms with E-state index in [2.05, 4.69) is 0 Å². The minimum Gasteiger partial charge on any atom is -0.224 e. The molecule has 0 N–H and O–H groups in total. The van der Waals surface area contributed by atoms with Crippen LogP contribution in [0.25, 0.3) is 0 Å². The van der Waals surface area contributed by atoms with Crippen molar-refractivity contribution in [2.75, 3.05) is 19.6 Å². The molecular weight excluding hydrogens is 276 g/mol. The molecule has 0 amide bonds. The molecule has 106 valence electrons. The van der Waals surface area contributed by atoms with Gasteiger partial charge in [0.15, 0.2) is 0 Å². The van der Waals surface area contributed by atoms with Gasteiger partial charge in [0.1, 0.15) is 0 Å². The van der Waals surface area contributed by atoms with E-state index in [0.29, 0.717) is 0 Å². The lowest BCUT2D eigenvalue weighted by atomic mass is 10.2. The monoisotopic (exact) mass is 284 g/mol. The summed E-state index contributed by atoms with van der Waals surface area (Å²) in [4.78, 5) is 0. The summed E-state index contributed by atoms with van der Waals surface area (Å²) in [5.74, 6) is -13.4. The third-order valence-corrected chi connectivity index (χ3v) is 3.04. The Morgan fingerprint density at radius 2 is 1.11 bits per heavy atom. The van der Waals surface area contributed by atoms with Crippen LogP contribution in [0.4, 0.5) is 35.1 Å². The normalized spacial score (nSPS) is 34.0. The highest BCUT2D eigenvalue weighted by atomic mass is 19.3. The van der Waals surface area contributed by atoms with Crippen LogP contribution < -0.4 is 0 Å². The Labute approximate surface area is 96.1 Å². The average molecular weight is 284 g/mol. The summed E-state index contributed by atoms with van der Waals surface area (Å²) >= 11 is 0. The molecule has 2 heterocycles.